The van der Waals surface area contributed by atoms with Gasteiger partial charge < -0.3 is 15.1 Å². The van der Waals surface area contributed by atoms with Crippen LogP contribution in [0.15, 0.2) is 28.7 Å². The molecule has 1 fully saturated rings. The summed E-state index contributed by atoms with van der Waals surface area (Å²) < 4.78 is 0.962. The second-order valence-corrected chi connectivity index (χ2v) is 7.44. The van der Waals surface area contributed by atoms with E-state index in [9.17, 15) is 9.59 Å². The van der Waals surface area contributed by atoms with E-state index in [0.29, 0.717) is 18.7 Å². The predicted molar refractivity (Wildman–Crippen MR) is 99.0 cm³/mol. The van der Waals surface area contributed by atoms with Crippen molar-refractivity contribution < 1.29 is 9.59 Å². The minimum atomic E-state index is 0.0262. The minimum absolute atomic E-state index is 0.0262. The van der Waals surface area contributed by atoms with Crippen LogP contribution in [0.4, 0.5) is 0 Å². The Bertz CT molecular complexity index is 552. The average Bonchev–Trinajstić information content (AvgIpc) is 2.58. The lowest BCUT2D eigenvalue weighted by Crippen LogP contribution is -2.43. The maximum absolute atomic E-state index is 12.5. The predicted octanol–water partition coefficient (Wildman–Crippen LogP) is 2.37. The molecule has 5 nitrogen and oxygen atoms in total. The number of halogens is 1. The van der Waals surface area contributed by atoms with Crippen molar-refractivity contribution in [3.05, 3.63) is 34.3 Å². The van der Waals surface area contributed by atoms with Gasteiger partial charge in [0, 0.05) is 35.6 Å². The van der Waals surface area contributed by atoms with E-state index in [1.54, 1.807) is 0 Å². The quantitative estimate of drug-likeness (QED) is 0.752. The number of carbonyl (C=O) groups is 2. The monoisotopic (exact) mass is 395 g/mol. The molecular formula is C18H26BrN3O2. The first-order valence-electron chi connectivity index (χ1n) is 8.44. The van der Waals surface area contributed by atoms with Gasteiger partial charge >= 0.3 is 0 Å². The standard InChI is InChI=1S/C18H26BrN3O2/c1-21(2)11-3-10-20-17(23)14-8-12-22(13-9-14)18(24)15-4-6-16(19)7-5-15/h4-7,14H,3,8-13H2,1-2H3,(H,20,23). The number of benzene rings is 1. The van der Waals surface area contributed by atoms with E-state index in [4.69, 9.17) is 0 Å². The summed E-state index contributed by atoms with van der Waals surface area (Å²) in [6.07, 6.45) is 2.43. The molecule has 132 valence electrons. The highest BCUT2D eigenvalue weighted by atomic mass is 79.9. The molecule has 0 unspecified atom stereocenters. The number of hydrogen-bond acceptors (Lipinski definition) is 3. The Balaban J connectivity index is 1.75. The van der Waals surface area contributed by atoms with Crippen molar-refractivity contribution in [1.29, 1.82) is 0 Å². The molecule has 6 heteroatoms. The molecule has 0 aromatic heterocycles. The van der Waals surface area contributed by atoms with Crippen LogP contribution in [-0.2, 0) is 4.79 Å². The summed E-state index contributed by atoms with van der Waals surface area (Å²) in [5, 5.41) is 3.02. The van der Waals surface area contributed by atoms with Gasteiger partial charge in [-0.15, -0.1) is 0 Å². The molecule has 0 aliphatic carbocycles. The third kappa shape index (κ3) is 5.60. The summed E-state index contributed by atoms with van der Waals surface area (Å²) in [4.78, 5) is 28.6. The molecule has 1 aromatic rings. The lowest BCUT2D eigenvalue weighted by molar-refractivity contribution is -0.126. The van der Waals surface area contributed by atoms with Gasteiger partial charge in [0.1, 0.15) is 0 Å². The molecule has 1 saturated heterocycles. The molecule has 2 amide bonds. The third-order valence-corrected chi connectivity index (χ3v) is 4.85. The number of amides is 2. The Labute approximate surface area is 152 Å². The topological polar surface area (TPSA) is 52.7 Å². The molecule has 2 rings (SSSR count). The molecule has 0 atom stereocenters. The van der Waals surface area contributed by atoms with Crippen LogP contribution in [0, 0.1) is 5.92 Å². The Morgan fingerprint density at radius 3 is 2.42 bits per heavy atom. The highest BCUT2D eigenvalue weighted by molar-refractivity contribution is 9.10. The van der Waals surface area contributed by atoms with Crippen LogP contribution in [0.25, 0.3) is 0 Å². The fourth-order valence-corrected chi connectivity index (χ4v) is 3.14. The number of nitrogens with one attached hydrogen (secondary N) is 1. The second-order valence-electron chi connectivity index (χ2n) is 6.52. The fourth-order valence-electron chi connectivity index (χ4n) is 2.87. The van der Waals surface area contributed by atoms with Crippen LogP contribution < -0.4 is 5.32 Å². The van der Waals surface area contributed by atoms with Crippen molar-refractivity contribution in [1.82, 2.24) is 15.1 Å². The number of rotatable bonds is 6. The summed E-state index contributed by atoms with van der Waals surface area (Å²) in [5.74, 6) is 0.204. The molecule has 1 N–H and O–H groups in total. The normalized spacial score (nSPS) is 15.6. The maximum Gasteiger partial charge on any atom is 0.253 e. The zero-order valence-corrected chi connectivity index (χ0v) is 16.0. The Morgan fingerprint density at radius 1 is 1.21 bits per heavy atom. The van der Waals surface area contributed by atoms with E-state index in [1.165, 1.54) is 0 Å². The number of hydrogen-bond donors (Lipinski definition) is 1. The molecule has 1 aromatic carbocycles. The van der Waals surface area contributed by atoms with Crippen LogP contribution in [0.1, 0.15) is 29.6 Å². The molecule has 0 spiro atoms. The number of nitrogens with zero attached hydrogens (tertiary/aromatic N) is 2. The van der Waals surface area contributed by atoms with Crippen molar-refractivity contribution in [2.45, 2.75) is 19.3 Å². The smallest absolute Gasteiger partial charge is 0.253 e. The summed E-state index contributed by atoms with van der Waals surface area (Å²) in [6.45, 7) is 2.98. The first-order chi connectivity index (χ1) is 11.5. The van der Waals surface area contributed by atoms with Gasteiger partial charge in [-0.2, -0.15) is 0 Å². The first-order valence-corrected chi connectivity index (χ1v) is 9.24. The Hall–Kier alpha value is -1.40. The molecule has 1 aliphatic heterocycles. The third-order valence-electron chi connectivity index (χ3n) is 4.33. The molecule has 24 heavy (non-hydrogen) atoms. The summed E-state index contributed by atoms with van der Waals surface area (Å²) >= 11 is 3.38. The molecule has 1 heterocycles. The van der Waals surface area contributed by atoms with Gasteiger partial charge in [0.2, 0.25) is 5.91 Å². The molecule has 0 saturated carbocycles. The van der Waals surface area contributed by atoms with Crippen molar-refractivity contribution in [2.75, 3.05) is 40.3 Å². The fraction of sp³-hybridized carbons (Fsp3) is 0.556. The first kappa shape index (κ1) is 18.9. The summed E-state index contributed by atoms with van der Waals surface area (Å²) in [5.41, 5.74) is 0.699. The van der Waals surface area contributed by atoms with Gasteiger partial charge in [0.15, 0.2) is 0 Å². The zero-order valence-electron chi connectivity index (χ0n) is 14.4. The molecule has 0 bridgehead atoms. The van der Waals surface area contributed by atoms with Crippen LogP contribution in [-0.4, -0.2) is 61.9 Å². The SMILES string of the molecule is CN(C)CCCNC(=O)C1CCN(C(=O)c2ccc(Br)cc2)CC1. The number of carbonyl (C=O) groups excluding carboxylic acids is 2. The van der Waals surface area contributed by atoms with E-state index in [2.05, 4.69) is 26.1 Å². The van der Waals surface area contributed by atoms with Crippen molar-refractivity contribution in [3.63, 3.8) is 0 Å². The Kier molecular flexibility index (Phi) is 7.24. The van der Waals surface area contributed by atoms with Crippen molar-refractivity contribution in [3.8, 4) is 0 Å². The highest BCUT2D eigenvalue weighted by Crippen LogP contribution is 2.20. The van der Waals surface area contributed by atoms with Crippen LogP contribution in [0.3, 0.4) is 0 Å². The Morgan fingerprint density at radius 2 is 1.83 bits per heavy atom. The lowest BCUT2D eigenvalue weighted by Gasteiger charge is -2.31. The van der Waals surface area contributed by atoms with E-state index in [1.807, 2.05) is 43.3 Å². The number of likely N-dealkylation sites (tertiary alicyclic amines) is 1. The minimum Gasteiger partial charge on any atom is -0.356 e. The summed E-state index contributed by atoms with van der Waals surface area (Å²) in [7, 11) is 4.06. The van der Waals surface area contributed by atoms with E-state index >= 15 is 0 Å². The van der Waals surface area contributed by atoms with Gasteiger partial charge in [-0.05, 0) is 64.2 Å². The van der Waals surface area contributed by atoms with Crippen LogP contribution in [0.2, 0.25) is 0 Å². The van der Waals surface area contributed by atoms with E-state index in [0.717, 1.165) is 36.8 Å². The zero-order chi connectivity index (χ0) is 17.5. The second kappa shape index (κ2) is 9.18. The maximum atomic E-state index is 12.5. The van der Waals surface area contributed by atoms with Crippen LogP contribution in [0.5, 0.6) is 0 Å². The van der Waals surface area contributed by atoms with E-state index in [-0.39, 0.29) is 17.7 Å². The average molecular weight is 396 g/mol. The van der Waals surface area contributed by atoms with Gasteiger partial charge in [0.05, 0.1) is 0 Å². The lowest BCUT2D eigenvalue weighted by atomic mass is 9.95. The van der Waals surface area contributed by atoms with E-state index < -0.39 is 0 Å². The summed E-state index contributed by atoms with van der Waals surface area (Å²) in [6, 6.07) is 7.41. The van der Waals surface area contributed by atoms with Gasteiger partial charge in [-0.25, -0.2) is 0 Å². The molecular weight excluding hydrogens is 370 g/mol. The molecule has 1 aliphatic rings. The van der Waals surface area contributed by atoms with Gasteiger partial charge in [-0.1, -0.05) is 15.9 Å². The highest BCUT2D eigenvalue weighted by Gasteiger charge is 2.27. The van der Waals surface area contributed by atoms with Crippen LogP contribution >= 0.6 is 15.9 Å². The van der Waals surface area contributed by atoms with Gasteiger partial charge in [0.25, 0.3) is 5.91 Å². The molecule has 0 radical (unpaired) electrons. The number of piperidine rings is 1. The van der Waals surface area contributed by atoms with Crippen molar-refractivity contribution >= 4 is 27.7 Å². The van der Waals surface area contributed by atoms with Gasteiger partial charge in [-0.3, -0.25) is 9.59 Å². The largest absolute Gasteiger partial charge is 0.356 e. The van der Waals surface area contributed by atoms with Crippen molar-refractivity contribution in [2.24, 2.45) is 5.92 Å².